The van der Waals surface area contributed by atoms with Crippen LogP contribution in [0.4, 0.5) is 5.69 Å². The molecule has 0 unspecified atom stereocenters. The van der Waals surface area contributed by atoms with Gasteiger partial charge in [0.05, 0.1) is 31.5 Å². The van der Waals surface area contributed by atoms with Crippen LogP contribution in [0.15, 0.2) is 36.0 Å². The van der Waals surface area contributed by atoms with E-state index in [1.54, 1.807) is 24.3 Å². The van der Waals surface area contributed by atoms with Crippen molar-refractivity contribution in [3.8, 4) is 0 Å². The molecular formula is C19H23NO6. The van der Waals surface area contributed by atoms with Gasteiger partial charge in [0.1, 0.15) is 11.8 Å². The van der Waals surface area contributed by atoms with Crippen LogP contribution < -0.4 is 5.32 Å². The van der Waals surface area contributed by atoms with E-state index in [1.807, 2.05) is 0 Å². The van der Waals surface area contributed by atoms with E-state index in [1.165, 1.54) is 14.2 Å². The fraction of sp³-hybridized carbons (Fsp3) is 0.421. The summed E-state index contributed by atoms with van der Waals surface area (Å²) in [6, 6.07) is 6.61. The molecule has 7 heteroatoms. The summed E-state index contributed by atoms with van der Waals surface area (Å²) in [5.41, 5.74) is 0.476. The second-order valence-electron chi connectivity index (χ2n) is 5.91. The zero-order chi connectivity index (χ0) is 18.9. The highest BCUT2D eigenvalue weighted by Crippen LogP contribution is 2.24. The number of hydrogen-bond acceptors (Lipinski definition) is 7. The molecule has 1 aromatic rings. The maximum Gasteiger partial charge on any atom is 0.354 e. The van der Waals surface area contributed by atoms with Crippen molar-refractivity contribution in [2.24, 2.45) is 0 Å². The fourth-order valence-corrected chi connectivity index (χ4v) is 2.75. The van der Waals surface area contributed by atoms with Gasteiger partial charge >= 0.3 is 17.9 Å². The first-order valence-electron chi connectivity index (χ1n) is 8.50. The summed E-state index contributed by atoms with van der Waals surface area (Å²) in [4.78, 5) is 35.9. The molecule has 26 heavy (non-hydrogen) atoms. The van der Waals surface area contributed by atoms with Crippen molar-refractivity contribution in [1.29, 1.82) is 0 Å². The average Bonchev–Trinajstić information content (AvgIpc) is 2.67. The normalized spacial score (nSPS) is 15.1. The van der Waals surface area contributed by atoms with Crippen molar-refractivity contribution in [2.45, 2.75) is 38.2 Å². The molecule has 0 radical (unpaired) electrons. The zero-order valence-electron chi connectivity index (χ0n) is 14.9. The fourth-order valence-electron chi connectivity index (χ4n) is 2.75. The Morgan fingerprint density at radius 2 is 1.73 bits per heavy atom. The van der Waals surface area contributed by atoms with Crippen LogP contribution >= 0.6 is 0 Å². The largest absolute Gasteiger partial charge is 0.466 e. The zero-order valence-corrected chi connectivity index (χ0v) is 14.9. The van der Waals surface area contributed by atoms with E-state index in [4.69, 9.17) is 4.74 Å². The van der Waals surface area contributed by atoms with Gasteiger partial charge in [0.15, 0.2) is 0 Å². The van der Waals surface area contributed by atoms with E-state index in [9.17, 15) is 14.4 Å². The summed E-state index contributed by atoms with van der Waals surface area (Å²) in [5, 5.41) is 2.77. The number of para-hydroxylation sites is 1. The molecule has 0 amide bonds. The quantitative estimate of drug-likeness (QED) is 0.473. The molecule has 0 spiro atoms. The number of hydrogen-bond donors (Lipinski definition) is 1. The molecule has 140 valence electrons. The minimum Gasteiger partial charge on any atom is -0.466 e. The first-order valence-corrected chi connectivity index (χ1v) is 8.50. The van der Waals surface area contributed by atoms with Gasteiger partial charge in [0.25, 0.3) is 0 Å². The Morgan fingerprint density at radius 1 is 1.04 bits per heavy atom. The van der Waals surface area contributed by atoms with E-state index in [0.29, 0.717) is 5.69 Å². The molecule has 1 saturated carbocycles. The van der Waals surface area contributed by atoms with Crippen molar-refractivity contribution in [3.63, 3.8) is 0 Å². The van der Waals surface area contributed by atoms with E-state index in [2.05, 4.69) is 14.8 Å². The van der Waals surface area contributed by atoms with Crippen molar-refractivity contribution in [3.05, 3.63) is 41.6 Å². The van der Waals surface area contributed by atoms with Crippen LogP contribution in [0.25, 0.3) is 0 Å². The van der Waals surface area contributed by atoms with Crippen LogP contribution in [-0.4, -0.2) is 38.2 Å². The lowest BCUT2D eigenvalue weighted by Gasteiger charge is -2.22. The van der Waals surface area contributed by atoms with Crippen LogP contribution in [-0.2, 0) is 23.8 Å². The summed E-state index contributed by atoms with van der Waals surface area (Å²) in [6.45, 7) is 0. The van der Waals surface area contributed by atoms with Gasteiger partial charge in [-0.15, -0.1) is 0 Å². The summed E-state index contributed by atoms with van der Waals surface area (Å²) in [7, 11) is 2.39. The lowest BCUT2D eigenvalue weighted by atomic mass is 9.98. The van der Waals surface area contributed by atoms with Gasteiger partial charge in [0, 0.05) is 0 Å². The highest BCUT2D eigenvalue weighted by atomic mass is 16.5. The first kappa shape index (κ1) is 19.5. The summed E-state index contributed by atoms with van der Waals surface area (Å²) in [6.07, 6.45) is 5.85. The molecule has 0 heterocycles. The maximum absolute atomic E-state index is 12.5. The van der Waals surface area contributed by atoms with E-state index < -0.39 is 17.9 Å². The van der Waals surface area contributed by atoms with Crippen molar-refractivity contribution >= 4 is 23.6 Å². The van der Waals surface area contributed by atoms with Gasteiger partial charge in [0.2, 0.25) is 0 Å². The lowest BCUT2D eigenvalue weighted by Crippen LogP contribution is -2.22. The topological polar surface area (TPSA) is 90.9 Å². The molecule has 0 bridgehead atoms. The number of carbonyl (C=O) groups is 3. The molecule has 0 atom stereocenters. The highest BCUT2D eigenvalue weighted by molar-refractivity contribution is 6.01. The minimum absolute atomic E-state index is 0.0880. The number of benzene rings is 1. The Balaban J connectivity index is 2.20. The average molecular weight is 361 g/mol. The van der Waals surface area contributed by atoms with Gasteiger partial charge in [-0.2, -0.15) is 0 Å². The van der Waals surface area contributed by atoms with Crippen LogP contribution in [0.2, 0.25) is 0 Å². The van der Waals surface area contributed by atoms with Gasteiger partial charge in [-0.3, -0.25) is 0 Å². The third kappa shape index (κ3) is 5.34. The second kappa shape index (κ2) is 9.60. The Bertz CT molecular complexity index is 691. The van der Waals surface area contributed by atoms with Gasteiger partial charge in [-0.1, -0.05) is 18.6 Å². The molecule has 7 nitrogen and oxygen atoms in total. The number of esters is 3. The number of ether oxygens (including phenoxy) is 3. The van der Waals surface area contributed by atoms with Crippen LogP contribution in [0.5, 0.6) is 0 Å². The maximum atomic E-state index is 12.5. The number of rotatable bonds is 6. The molecule has 1 N–H and O–H groups in total. The summed E-state index contributed by atoms with van der Waals surface area (Å²) >= 11 is 0. The Morgan fingerprint density at radius 3 is 2.38 bits per heavy atom. The number of nitrogens with one attached hydrogen (secondary N) is 1. The molecule has 0 aromatic heterocycles. The highest BCUT2D eigenvalue weighted by Gasteiger charge is 2.22. The second-order valence-corrected chi connectivity index (χ2v) is 5.91. The Hall–Kier alpha value is -2.83. The molecule has 1 aromatic carbocycles. The number of carbonyl (C=O) groups excluding carboxylic acids is 3. The number of anilines is 1. The van der Waals surface area contributed by atoms with Crippen LogP contribution in [0.3, 0.4) is 0 Å². The van der Waals surface area contributed by atoms with Crippen LogP contribution in [0, 0.1) is 0 Å². The third-order valence-corrected chi connectivity index (χ3v) is 4.11. The van der Waals surface area contributed by atoms with Crippen molar-refractivity contribution < 1.29 is 28.6 Å². The molecule has 1 fully saturated rings. The monoisotopic (exact) mass is 361 g/mol. The molecule has 0 saturated heterocycles. The van der Waals surface area contributed by atoms with Gasteiger partial charge in [-0.05, 0) is 37.8 Å². The van der Waals surface area contributed by atoms with Gasteiger partial charge in [-0.25, -0.2) is 14.4 Å². The molecule has 1 aliphatic carbocycles. The summed E-state index contributed by atoms with van der Waals surface area (Å²) in [5.74, 6) is -1.95. The smallest absolute Gasteiger partial charge is 0.354 e. The molecule has 2 rings (SSSR count). The minimum atomic E-state index is -0.758. The van der Waals surface area contributed by atoms with Crippen molar-refractivity contribution in [2.75, 3.05) is 19.5 Å². The molecule has 0 aliphatic heterocycles. The predicted molar refractivity (Wildman–Crippen MR) is 94.5 cm³/mol. The molecular weight excluding hydrogens is 338 g/mol. The SMILES string of the molecule is COC(=O)/C=C(/Nc1ccccc1C(=O)OC1CCCCC1)C(=O)OC. The van der Waals surface area contributed by atoms with E-state index in [0.717, 1.165) is 38.2 Å². The first-order chi connectivity index (χ1) is 12.5. The standard InChI is InChI=1S/C19H23NO6/c1-24-17(21)12-16(19(23)25-2)20-15-11-7-6-10-14(15)18(22)26-13-8-4-3-5-9-13/h6-7,10-13,20H,3-5,8-9H2,1-2H3/b16-12+. The Kier molecular flexibility index (Phi) is 7.20. The van der Waals surface area contributed by atoms with Gasteiger partial charge < -0.3 is 19.5 Å². The molecule has 1 aliphatic rings. The lowest BCUT2D eigenvalue weighted by molar-refractivity contribution is -0.138. The third-order valence-electron chi connectivity index (χ3n) is 4.11. The van der Waals surface area contributed by atoms with Crippen molar-refractivity contribution in [1.82, 2.24) is 0 Å². The van der Waals surface area contributed by atoms with E-state index >= 15 is 0 Å². The van der Waals surface area contributed by atoms with Crippen LogP contribution in [0.1, 0.15) is 42.5 Å². The summed E-state index contributed by atoms with van der Waals surface area (Å²) < 4.78 is 14.8. The van der Waals surface area contributed by atoms with E-state index in [-0.39, 0.29) is 17.4 Å². The predicted octanol–water partition coefficient (Wildman–Crippen LogP) is 2.82. The Labute approximate surface area is 152 Å². The number of methoxy groups -OCH3 is 2.